The van der Waals surface area contributed by atoms with Crippen molar-refractivity contribution in [2.75, 3.05) is 13.2 Å². The fraction of sp³-hybridized carbons (Fsp3) is 0.556. The van der Waals surface area contributed by atoms with Gasteiger partial charge in [0, 0.05) is 25.3 Å². The summed E-state index contributed by atoms with van der Waals surface area (Å²) in [5.74, 6) is -0.285. The van der Waals surface area contributed by atoms with Crippen LogP contribution in [0, 0.1) is 0 Å². The van der Waals surface area contributed by atoms with Crippen molar-refractivity contribution >= 4 is 5.91 Å². The second-order valence-corrected chi connectivity index (χ2v) is 3.34. The number of aliphatic hydroxyl groups excluding tert-OH is 1. The number of rotatable bonds is 5. The number of amides is 1. The van der Waals surface area contributed by atoms with Crippen molar-refractivity contribution < 1.29 is 9.90 Å². The van der Waals surface area contributed by atoms with Crippen LogP contribution < -0.4 is 11.1 Å². The molecule has 1 rings (SSSR count). The van der Waals surface area contributed by atoms with Crippen LogP contribution in [0.4, 0.5) is 0 Å². The summed E-state index contributed by atoms with van der Waals surface area (Å²) in [6, 6.07) is -0.267. The molecule has 0 fully saturated rings. The van der Waals surface area contributed by atoms with Crippen molar-refractivity contribution in [3.63, 3.8) is 0 Å². The van der Waals surface area contributed by atoms with E-state index in [1.807, 2.05) is 0 Å². The lowest BCUT2D eigenvalue weighted by Gasteiger charge is -2.08. The lowest BCUT2D eigenvalue weighted by Crippen LogP contribution is -2.35. The molecule has 0 radical (unpaired) electrons. The molecule has 1 atom stereocenters. The minimum atomic E-state index is -0.285. The number of hydrogen-bond donors (Lipinski definition) is 3. The zero-order valence-electron chi connectivity index (χ0n) is 8.68. The van der Waals surface area contributed by atoms with Gasteiger partial charge in [-0.05, 0) is 6.92 Å². The SMILES string of the molecule is CC(CO)NC(=O)c1cn(CCN)cn1. The summed E-state index contributed by atoms with van der Waals surface area (Å²) in [5.41, 5.74) is 5.70. The molecule has 0 aliphatic rings. The summed E-state index contributed by atoms with van der Waals surface area (Å²) in [7, 11) is 0. The Balaban J connectivity index is 2.58. The summed E-state index contributed by atoms with van der Waals surface area (Å²) >= 11 is 0. The number of nitrogens with zero attached hydrogens (tertiary/aromatic N) is 2. The van der Waals surface area contributed by atoms with Crippen LogP contribution in [0.15, 0.2) is 12.5 Å². The number of imidazole rings is 1. The van der Waals surface area contributed by atoms with E-state index < -0.39 is 0 Å². The van der Waals surface area contributed by atoms with E-state index in [9.17, 15) is 4.79 Å². The van der Waals surface area contributed by atoms with Gasteiger partial charge in [0.05, 0.1) is 12.9 Å². The Hall–Kier alpha value is -1.40. The number of aliphatic hydroxyl groups is 1. The van der Waals surface area contributed by atoms with E-state index in [1.165, 1.54) is 0 Å². The molecule has 1 heterocycles. The number of aromatic nitrogens is 2. The largest absolute Gasteiger partial charge is 0.394 e. The predicted octanol–water partition coefficient (Wildman–Crippen LogP) is -1.05. The van der Waals surface area contributed by atoms with E-state index in [1.54, 1.807) is 24.0 Å². The summed E-state index contributed by atoms with van der Waals surface area (Å²) in [6.45, 7) is 2.77. The highest BCUT2D eigenvalue weighted by atomic mass is 16.3. The quantitative estimate of drug-likeness (QED) is 0.580. The third kappa shape index (κ3) is 3.34. The molecule has 84 valence electrons. The van der Waals surface area contributed by atoms with Crippen molar-refractivity contribution in [2.45, 2.75) is 19.5 Å². The molecular weight excluding hydrogens is 196 g/mol. The lowest BCUT2D eigenvalue weighted by molar-refractivity contribution is 0.0917. The average Bonchev–Trinajstić information content (AvgIpc) is 2.67. The van der Waals surface area contributed by atoms with Gasteiger partial charge in [-0.3, -0.25) is 4.79 Å². The summed E-state index contributed by atoms with van der Waals surface area (Å²) in [5, 5.41) is 11.4. The molecule has 0 saturated carbocycles. The molecule has 1 aromatic rings. The fourth-order valence-electron chi connectivity index (χ4n) is 1.09. The molecule has 1 amide bonds. The molecule has 0 spiro atoms. The zero-order valence-corrected chi connectivity index (χ0v) is 8.68. The zero-order chi connectivity index (χ0) is 11.3. The highest BCUT2D eigenvalue weighted by molar-refractivity contribution is 5.92. The minimum absolute atomic E-state index is 0.0880. The maximum Gasteiger partial charge on any atom is 0.271 e. The van der Waals surface area contributed by atoms with Crippen molar-refractivity contribution in [3.8, 4) is 0 Å². The van der Waals surface area contributed by atoms with Crippen molar-refractivity contribution in [1.29, 1.82) is 0 Å². The fourth-order valence-corrected chi connectivity index (χ4v) is 1.09. The van der Waals surface area contributed by atoms with E-state index >= 15 is 0 Å². The lowest BCUT2D eigenvalue weighted by atomic mass is 10.3. The molecule has 6 nitrogen and oxygen atoms in total. The first-order chi connectivity index (χ1) is 7.17. The van der Waals surface area contributed by atoms with Gasteiger partial charge in [-0.15, -0.1) is 0 Å². The summed E-state index contributed by atoms with van der Waals surface area (Å²) < 4.78 is 1.75. The molecule has 6 heteroatoms. The van der Waals surface area contributed by atoms with Crippen molar-refractivity contribution in [1.82, 2.24) is 14.9 Å². The molecular formula is C9H16N4O2. The van der Waals surface area contributed by atoms with Crippen molar-refractivity contribution in [3.05, 3.63) is 18.2 Å². The van der Waals surface area contributed by atoms with E-state index in [2.05, 4.69) is 10.3 Å². The monoisotopic (exact) mass is 212 g/mol. The molecule has 0 aliphatic heterocycles. The van der Waals surface area contributed by atoms with E-state index in [4.69, 9.17) is 10.8 Å². The van der Waals surface area contributed by atoms with Crippen LogP contribution in [0.25, 0.3) is 0 Å². The third-order valence-corrected chi connectivity index (χ3v) is 1.90. The standard InChI is InChI=1S/C9H16N4O2/c1-7(5-14)12-9(15)8-4-13(3-2-10)6-11-8/h4,6-7,14H,2-3,5,10H2,1H3,(H,12,15). The van der Waals surface area contributed by atoms with Gasteiger partial charge < -0.3 is 20.7 Å². The Bertz CT molecular complexity index is 324. The summed E-state index contributed by atoms with van der Waals surface area (Å²) in [6.07, 6.45) is 3.19. The van der Waals surface area contributed by atoms with Gasteiger partial charge in [-0.1, -0.05) is 0 Å². The van der Waals surface area contributed by atoms with Crippen LogP contribution >= 0.6 is 0 Å². The van der Waals surface area contributed by atoms with Crippen molar-refractivity contribution in [2.24, 2.45) is 5.73 Å². The highest BCUT2D eigenvalue weighted by Gasteiger charge is 2.11. The molecule has 1 aromatic heterocycles. The Morgan fingerprint density at radius 2 is 2.53 bits per heavy atom. The van der Waals surface area contributed by atoms with Crippen LogP contribution in [0.3, 0.4) is 0 Å². The highest BCUT2D eigenvalue weighted by Crippen LogP contribution is 1.96. The Morgan fingerprint density at radius 3 is 3.13 bits per heavy atom. The number of hydrogen-bond acceptors (Lipinski definition) is 4. The first-order valence-corrected chi connectivity index (χ1v) is 4.81. The third-order valence-electron chi connectivity index (χ3n) is 1.90. The predicted molar refractivity (Wildman–Crippen MR) is 55.3 cm³/mol. The maximum absolute atomic E-state index is 11.5. The average molecular weight is 212 g/mol. The Kier molecular flexibility index (Phi) is 4.26. The van der Waals surface area contributed by atoms with E-state index in [-0.39, 0.29) is 18.6 Å². The van der Waals surface area contributed by atoms with Gasteiger partial charge in [0.15, 0.2) is 0 Å². The molecule has 1 unspecified atom stereocenters. The molecule has 15 heavy (non-hydrogen) atoms. The maximum atomic E-state index is 11.5. The van der Waals surface area contributed by atoms with Crippen LogP contribution in [-0.4, -0.2) is 39.8 Å². The number of nitrogens with one attached hydrogen (secondary N) is 1. The van der Waals surface area contributed by atoms with Crippen LogP contribution in [0.2, 0.25) is 0 Å². The second kappa shape index (κ2) is 5.47. The van der Waals surface area contributed by atoms with Gasteiger partial charge in [0.1, 0.15) is 5.69 Å². The van der Waals surface area contributed by atoms with Crippen LogP contribution in [0.5, 0.6) is 0 Å². The molecule has 0 saturated heterocycles. The normalized spacial score (nSPS) is 12.5. The Labute approximate surface area is 88.1 Å². The molecule has 0 bridgehead atoms. The molecule has 4 N–H and O–H groups in total. The first kappa shape index (κ1) is 11.7. The second-order valence-electron chi connectivity index (χ2n) is 3.34. The minimum Gasteiger partial charge on any atom is -0.394 e. The Morgan fingerprint density at radius 1 is 1.80 bits per heavy atom. The van der Waals surface area contributed by atoms with E-state index in [0.29, 0.717) is 18.8 Å². The number of nitrogens with two attached hydrogens (primary N) is 1. The van der Waals surface area contributed by atoms with Gasteiger partial charge in [0.2, 0.25) is 0 Å². The first-order valence-electron chi connectivity index (χ1n) is 4.81. The topological polar surface area (TPSA) is 93.2 Å². The summed E-state index contributed by atoms with van der Waals surface area (Å²) in [4.78, 5) is 15.4. The van der Waals surface area contributed by atoms with Gasteiger partial charge in [-0.2, -0.15) is 0 Å². The van der Waals surface area contributed by atoms with Crippen LogP contribution in [-0.2, 0) is 6.54 Å². The molecule has 0 aromatic carbocycles. The smallest absolute Gasteiger partial charge is 0.271 e. The van der Waals surface area contributed by atoms with Crippen LogP contribution in [0.1, 0.15) is 17.4 Å². The van der Waals surface area contributed by atoms with Gasteiger partial charge in [-0.25, -0.2) is 4.98 Å². The van der Waals surface area contributed by atoms with Gasteiger partial charge in [0.25, 0.3) is 5.91 Å². The van der Waals surface area contributed by atoms with Gasteiger partial charge >= 0.3 is 0 Å². The number of carbonyl (C=O) groups is 1. The molecule has 0 aliphatic carbocycles. The van der Waals surface area contributed by atoms with E-state index in [0.717, 1.165) is 0 Å². The number of carbonyl (C=O) groups excluding carboxylic acids is 1.